The maximum atomic E-state index is 14.3. The predicted octanol–water partition coefficient (Wildman–Crippen LogP) is 4.14. The minimum Gasteiger partial charge on any atom is -0.422 e. The molecule has 152 valence electrons. The van der Waals surface area contributed by atoms with Crippen molar-refractivity contribution in [1.82, 2.24) is 20.4 Å². The van der Waals surface area contributed by atoms with Gasteiger partial charge in [0, 0.05) is 0 Å². The second-order valence-electron chi connectivity index (χ2n) is 8.01. The first-order valence-corrected chi connectivity index (χ1v) is 9.61. The summed E-state index contributed by atoms with van der Waals surface area (Å²) in [6.07, 6.45) is 1.53. The lowest BCUT2D eigenvalue weighted by Crippen LogP contribution is -2.34. The summed E-state index contributed by atoms with van der Waals surface area (Å²) in [5.41, 5.74) is 0.829. The number of aliphatic hydroxyl groups is 1. The number of rotatable bonds is 4. The fourth-order valence-corrected chi connectivity index (χ4v) is 4.14. The highest BCUT2D eigenvalue weighted by Gasteiger charge is 2.44. The number of aliphatic hydroxyl groups excluding tert-OH is 1. The molecule has 0 radical (unpaired) electrons. The zero-order valence-electron chi connectivity index (χ0n) is 16.5. The van der Waals surface area contributed by atoms with E-state index in [4.69, 9.17) is 4.42 Å². The molecular formula is C21H22F2N4O2. The number of hydrogen-bond donors (Lipinski definition) is 1. The number of halogens is 2. The number of aromatic nitrogens is 4. The molecule has 2 aromatic heterocycles. The van der Waals surface area contributed by atoms with Gasteiger partial charge in [-0.05, 0) is 55.4 Å². The van der Waals surface area contributed by atoms with Crippen molar-refractivity contribution in [2.75, 3.05) is 0 Å². The van der Waals surface area contributed by atoms with Crippen LogP contribution in [0.2, 0.25) is 0 Å². The molecule has 0 amide bonds. The summed E-state index contributed by atoms with van der Waals surface area (Å²) in [6, 6.07) is 5.47. The van der Waals surface area contributed by atoms with Crippen molar-refractivity contribution in [3.8, 4) is 11.3 Å². The van der Waals surface area contributed by atoms with E-state index >= 15 is 0 Å². The highest BCUT2D eigenvalue weighted by Crippen LogP contribution is 2.48. The monoisotopic (exact) mass is 400 g/mol. The molecule has 1 aromatic carbocycles. The van der Waals surface area contributed by atoms with Crippen molar-refractivity contribution in [3.63, 3.8) is 0 Å². The maximum absolute atomic E-state index is 14.3. The SMILES string of the molecule is CC(C)C1CC[C@](C)(c2nnc(CO)o2)c2nnc(-c3c(F)cccc3F)cc21. The maximum Gasteiger partial charge on any atom is 0.241 e. The fourth-order valence-electron chi connectivity index (χ4n) is 4.14. The van der Waals surface area contributed by atoms with Gasteiger partial charge in [0.1, 0.15) is 18.2 Å². The minimum absolute atomic E-state index is 0.131. The van der Waals surface area contributed by atoms with Crippen molar-refractivity contribution < 1.29 is 18.3 Å². The van der Waals surface area contributed by atoms with E-state index in [9.17, 15) is 13.9 Å². The number of nitrogens with zero attached hydrogens (tertiary/aromatic N) is 4. The lowest BCUT2D eigenvalue weighted by molar-refractivity contribution is 0.225. The molecule has 6 nitrogen and oxygen atoms in total. The third kappa shape index (κ3) is 3.21. The van der Waals surface area contributed by atoms with Crippen LogP contribution in [0, 0.1) is 17.6 Å². The molecule has 29 heavy (non-hydrogen) atoms. The molecule has 2 atom stereocenters. The van der Waals surface area contributed by atoms with Crippen LogP contribution in [0.4, 0.5) is 8.78 Å². The molecule has 0 spiro atoms. The van der Waals surface area contributed by atoms with E-state index in [-0.39, 0.29) is 29.7 Å². The Morgan fingerprint density at radius 3 is 2.52 bits per heavy atom. The van der Waals surface area contributed by atoms with Crippen molar-refractivity contribution >= 4 is 0 Å². The number of fused-ring (bicyclic) bond motifs is 1. The van der Waals surface area contributed by atoms with Gasteiger partial charge in [0.15, 0.2) is 0 Å². The molecule has 1 N–H and O–H groups in total. The molecule has 1 unspecified atom stereocenters. The summed E-state index contributed by atoms with van der Waals surface area (Å²) in [5, 5.41) is 25.8. The van der Waals surface area contributed by atoms with Gasteiger partial charge >= 0.3 is 0 Å². The molecule has 0 aliphatic heterocycles. The summed E-state index contributed by atoms with van der Waals surface area (Å²) >= 11 is 0. The van der Waals surface area contributed by atoms with Gasteiger partial charge in [0.05, 0.1) is 22.4 Å². The first-order chi connectivity index (χ1) is 13.8. The molecule has 0 saturated carbocycles. The van der Waals surface area contributed by atoms with Gasteiger partial charge < -0.3 is 9.52 Å². The van der Waals surface area contributed by atoms with E-state index in [2.05, 4.69) is 34.2 Å². The van der Waals surface area contributed by atoms with Crippen LogP contribution in [0.1, 0.15) is 62.6 Å². The van der Waals surface area contributed by atoms with E-state index in [0.29, 0.717) is 23.9 Å². The second kappa shape index (κ2) is 7.26. The van der Waals surface area contributed by atoms with E-state index < -0.39 is 17.0 Å². The molecule has 1 aliphatic rings. The molecule has 4 rings (SSSR count). The van der Waals surface area contributed by atoms with Gasteiger partial charge in [0.2, 0.25) is 11.8 Å². The van der Waals surface area contributed by atoms with E-state index in [1.54, 1.807) is 6.07 Å². The summed E-state index contributed by atoms with van der Waals surface area (Å²) < 4.78 is 34.3. The molecule has 0 bridgehead atoms. The highest BCUT2D eigenvalue weighted by molar-refractivity contribution is 5.62. The third-order valence-electron chi connectivity index (χ3n) is 5.80. The van der Waals surface area contributed by atoms with Crippen LogP contribution in [0.5, 0.6) is 0 Å². The fraction of sp³-hybridized carbons (Fsp3) is 0.429. The largest absolute Gasteiger partial charge is 0.422 e. The standard InChI is InChI=1S/C21H22F2N4O2/c1-11(2)12-7-8-21(3,20-27-25-17(10-28)29-20)19-13(12)9-16(24-26-19)18-14(22)5-4-6-15(18)23/h4-6,9,11-12,28H,7-8,10H2,1-3H3/t12?,21-/m0/s1. The Hall–Kier alpha value is -2.74. The minimum atomic E-state index is -0.694. The molecule has 0 fully saturated rings. The Morgan fingerprint density at radius 2 is 1.90 bits per heavy atom. The normalized spacial score (nSPS) is 21.4. The summed E-state index contributed by atoms with van der Waals surface area (Å²) in [4.78, 5) is 0. The van der Waals surface area contributed by atoms with Gasteiger partial charge in [-0.1, -0.05) is 19.9 Å². The summed E-state index contributed by atoms with van der Waals surface area (Å²) in [6.45, 7) is 5.81. The Labute approximate surface area is 167 Å². The average molecular weight is 400 g/mol. The van der Waals surface area contributed by atoms with Gasteiger partial charge in [-0.25, -0.2) is 8.78 Å². The smallest absolute Gasteiger partial charge is 0.241 e. The highest BCUT2D eigenvalue weighted by atomic mass is 19.1. The lowest BCUT2D eigenvalue weighted by Gasteiger charge is -2.37. The molecular weight excluding hydrogens is 378 g/mol. The topological polar surface area (TPSA) is 84.9 Å². The Balaban J connectivity index is 1.89. The number of hydrogen-bond acceptors (Lipinski definition) is 6. The summed E-state index contributed by atoms with van der Waals surface area (Å²) in [5.74, 6) is -0.415. The molecule has 1 aliphatic carbocycles. The van der Waals surface area contributed by atoms with Crippen molar-refractivity contribution in [2.45, 2.75) is 51.6 Å². The van der Waals surface area contributed by atoms with E-state index in [1.165, 1.54) is 18.2 Å². The van der Waals surface area contributed by atoms with Crippen molar-refractivity contribution in [1.29, 1.82) is 0 Å². The zero-order valence-corrected chi connectivity index (χ0v) is 16.5. The quantitative estimate of drug-likeness (QED) is 0.709. The van der Waals surface area contributed by atoms with Crippen LogP contribution in [0.25, 0.3) is 11.3 Å². The van der Waals surface area contributed by atoms with Crippen LogP contribution in [0.3, 0.4) is 0 Å². The van der Waals surface area contributed by atoms with Gasteiger partial charge in [0.25, 0.3) is 0 Å². The van der Waals surface area contributed by atoms with Crippen molar-refractivity contribution in [3.05, 3.63) is 58.9 Å². The second-order valence-corrected chi connectivity index (χ2v) is 8.01. The van der Waals surface area contributed by atoms with Crippen LogP contribution >= 0.6 is 0 Å². The molecule has 2 heterocycles. The number of benzene rings is 1. The van der Waals surface area contributed by atoms with Crippen LogP contribution in [-0.2, 0) is 12.0 Å². The lowest BCUT2D eigenvalue weighted by atomic mass is 9.67. The van der Waals surface area contributed by atoms with Gasteiger partial charge in [-0.15, -0.1) is 15.3 Å². The molecule has 8 heteroatoms. The molecule has 3 aromatic rings. The van der Waals surface area contributed by atoms with Crippen LogP contribution in [-0.4, -0.2) is 25.5 Å². The van der Waals surface area contributed by atoms with Crippen LogP contribution in [0.15, 0.2) is 28.7 Å². The van der Waals surface area contributed by atoms with Gasteiger partial charge in [-0.3, -0.25) is 0 Å². The van der Waals surface area contributed by atoms with Crippen LogP contribution < -0.4 is 0 Å². The van der Waals surface area contributed by atoms with Crippen molar-refractivity contribution in [2.24, 2.45) is 5.92 Å². The average Bonchev–Trinajstić information content (AvgIpc) is 3.18. The Bertz CT molecular complexity index is 1030. The van der Waals surface area contributed by atoms with E-state index in [1.807, 2.05) is 6.92 Å². The Kier molecular flexibility index (Phi) is 4.90. The first-order valence-electron chi connectivity index (χ1n) is 9.61. The van der Waals surface area contributed by atoms with E-state index in [0.717, 1.165) is 12.0 Å². The molecule has 0 saturated heterocycles. The van der Waals surface area contributed by atoms with Gasteiger partial charge in [-0.2, -0.15) is 5.10 Å². The predicted molar refractivity (Wildman–Crippen MR) is 101 cm³/mol. The third-order valence-corrected chi connectivity index (χ3v) is 5.80. The summed E-state index contributed by atoms with van der Waals surface area (Å²) in [7, 11) is 0. The Morgan fingerprint density at radius 1 is 1.17 bits per heavy atom. The first kappa shape index (κ1) is 19.6. The zero-order chi connectivity index (χ0) is 20.8.